The summed E-state index contributed by atoms with van der Waals surface area (Å²) >= 11 is 0. The Kier molecular flexibility index (Phi) is 6.49. The quantitative estimate of drug-likeness (QED) is 0.623. The number of primary amides is 1. The number of hydrogen-bond acceptors (Lipinski definition) is 6. The summed E-state index contributed by atoms with van der Waals surface area (Å²) in [7, 11) is -3.00. The maximum absolute atomic E-state index is 13.9. The number of anilines is 2. The Bertz CT molecular complexity index is 1170. The van der Waals surface area contributed by atoms with Crippen molar-refractivity contribution in [1.82, 2.24) is 4.98 Å². The van der Waals surface area contributed by atoms with Gasteiger partial charge in [0.25, 0.3) is 11.8 Å². The first-order chi connectivity index (χ1) is 14.9. The fourth-order valence-electron chi connectivity index (χ4n) is 3.63. The summed E-state index contributed by atoms with van der Waals surface area (Å²) in [5, 5.41) is 2.67. The van der Waals surface area contributed by atoms with Crippen molar-refractivity contribution in [2.45, 2.75) is 37.0 Å². The predicted octanol–water partition coefficient (Wildman–Crippen LogP) is 3.40. The summed E-state index contributed by atoms with van der Waals surface area (Å²) < 4.78 is 47.5. The van der Waals surface area contributed by atoms with Crippen molar-refractivity contribution in [3.05, 3.63) is 47.2 Å². The van der Waals surface area contributed by atoms with Crippen molar-refractivity contribution in [2.24, 2.45) is 5.73 Å². The number of nitrogens with two attached hydrogens (primary N) is 1. The van der Waals surface area contributed by atoms with Crippen LogP contribution in [0.2, 0.25) is 0 Å². The molecule has 0 saturated carbocycles. The molecule has 1 fully saturated rings. The number of carbonyl (C=O) groups excluding carboxylic acids is 2. The molecule has 8 nitrogen and oxygen atoms in total. The average molecular weight is 466 g/mol. The molecule has 0 spiro atoms. The third kappa shape index (κ3) is 5.21. The molecule has 1 atom stereocenters. The van der Waals surface area contributed by atoms with Crippen molar-refractivity contribution in [3.63, 3.8) is 0 Å². The van der Waals surface area contributed by atoms with Crippen LogP contribution in [-0.2, 0) is 9.73 Å². The molecule has 1 aliphatic heterocycles. The molecule has 0 bridgehead atoms. The smallest absolute Gasteiger partial charge is 0.259 e. The van der Waals surface area contributed by atoms with E-state index in [0.29, 0.717) is 5.69 Å². The molecular formula is C21H25F2N5O3S. The van der Waals surface area contributed by atoms with E-state index in [1.807, 2.05) is 0 Å². The summed E-state index contributed by atoms with van der Waals surface area (Å²) in [5.74, 6) is -3.98. The minimum Gasteiger partial charge on any atom is -0.366 e. The third-order valence-electron chi connectivity index (χ3n) is 5.37. The van der Waals surface area contributed by atoms with Gasteiger partial charge in [0.1, 0.15) is 5.82 Å². The predicted molar refractivity (Wildman–Crippen MR) is 118 cm³/mol. The average Bonchev–Trinajstić information content (AvgIpc) is 2.87. The lowest BCUT2D eigenvalue weighted by Gasteiger charge is -2.25. The number of nitrogens with zero attached hydrogens (tertiary/aromatic N) is 2. The van der Waals surface area contributed by atoms with Gasteiger partial charge in [0.15, 0.2) is 0 Å². The molecule has 172 valence electrons. The maximum atomic E-state index is 13.9. The van der Waals surface area contributed by atoms with Gasteiger partial charge in [-0.05, 0) is 37.1 Å². The van der Waals surface area contributed by atoms with Crippen LogP contribution >= 0.6 is 0 Å². The lowest BCUT2D eigenvalue weighted by Crippen LogP contribution is -2.30. The number of benzene rings is 1. The lowest BCUT2D eigenvalue weighted by atomic mass is 10.0. The number of aromatic nitrogens is 1. The van der Waals surface area contributed by atoms with E-state index in [-0.39, 0.29) is 59.8 Å². The minimum absolute atomic E-state index is 0.00185. The Morgan fingerprint density at radius 2 is 2.00 bits per heavy atom. The van der Waals surface area contributed by atoms with E-state index in [9.17, 15) is 22.6 Å². The molecule has 2 heterocycles. The molecular weight excluding hydrogens is 440 g/mol. The monoisotopic (exact) mass is 465 g/mol. The molecule has 1 aromatic heterocycles. The van der Waals surface area contributed by atoms with Crippen LogP contribution in [0.1, 0.15) is 45.5 Å². The van der Waals surface area contributed by atoms with E-state index < -0.39 is 27.5 Å². The van der Waals surface area contributed by atoms with Gasteiger partial charge in [-0.2, -0.15) is 0 Å². The molecule has 0 aliphatic carbocycles. The highest BCUT2D eigenvalue weighted by molar-refractivity contribution is 7.91. The third-order valence-corrected chi connectivity index (χ3v) is 6.52. The highest BCUT2D eigenvalue weighted by Crippen LogP contribution is 2.32. The van der Waals surface area contributed by atoms with Gasteiger partial charge in [-0.1, -0.05) is 6.07 Å². The number of amides is 2. The van der Waals surface area contributed by atoms with Gasteiger partial charge >= 0.3 is 0 Å². The van der Waals surface area contributed by atoms with Crippen LogP contribution in [0.5, 0.6) is 0 Å². The second-order valence-corrected chi connectivity index (χ2v) is 10.0. The number of nitrogens with one attached hydrogen (secondary N) is 2. The number of rotatable bonds is 5. The molecule has 2 aromatic rings. The molecule has 2 amide bonds. The Labute approximate surface area is 185 Å². The molecule has 1 saturated heterocycles. The van der Waals surface area contributed by atoms with Gasteiger partial charge in [-0.25, -0.2) is 22.8 Å². The number of halogens is 2. The van der Waals surface area contributed by atoms with E-state index in [0.717, 1.165) is 0 Å². The lowest BCUT2D eigenvalue weighted by molar-refractivity contribution is -0.0102. The van der Waals surface area contributed by atoms with Gasteiger partial charge in [0.05, 0.1) is 20.9 Å². The number of pyridine rings is 1. The van der Waals surface area contributed by atoms with Crippen LogP contribution in [0.25, 0.3) is 0 Å². The minimum atomic E-state index is -3.00. The van der Waals surface area contributed by atoms with Crippen molar-refractivity contribution in [3.8, 4) is 0 Å². The number of alkyl halides is 2. The van der Waals surface area contributed by atoms with Crippen molar-refractivity contribution in [1.29, 1.82) is 4.78 Å². The Morgan fingerprint density at radius 3 is 2.66 bits per heavy atom. The van der Waals surface area contributed by atoms with Crippen LogP contribution in [0.3, 0.4) is 0 Å². The normalized spacial score (nSPS) is 17.8. The highest BCUT2D eigenvalue weighted by atomic mass is 32.2. The van der Waals surface area contributed by atoms with Crippen LogP contribution in [0.4, 0.5) is 20.3 Å². The first kappa shape index (κ1) is 23.6. The van der Waals surface area contributed by atoms with Gasteiger partial charge in [-0.3, -0.25) is 9.59 Å². The fourth-order valence-corrected chi connectivity index (χ4v) is 4.32. The van der Waals surface area contributed by atoms with Gasteiger partial charge in [0.2, 0.25) is 5.92 Å². The first-order valence-corrected chi connectivity index (χ1v) is 11.9. The Hall–Kier alpha value is -3.08. The van der Waals surface area contributed by atoms with E-state index in [4.69, 9.17) is 10.5 Å². The molecule has 4 N–H and O–H groups in total. The van der Waals surface area contributed by atoms with Crippen molar-refractivity contribution in [2.75, 3.05) is 29.6 Å². The maximum Gasteiger partial charge on any atom is 0.259 e. The molecule has 1 aliphatic rings. The fraction of sp³-hybridized carbons (Fsp3) is 0.381. The van der Waals surface area contributed by atoms with Crippen molar-refractivity contribution >= 4 is 33.0 Å². The van der Waals surface area contributed by atoms with Crippen LogP contribution in [0, 0.1) is 11.7 Å². The summed E-state index contributed by atoms with van der Waals surface area (Å²) in [5.41, 5.74) is 6.11. The summed E-state index contributed by atoms with van der Waals surface area (Å²) in [4.78, 5) is 31.2. The molecule has 0 unspecified atom stereocenters. The van der Waals surface area contributed by atoms with Crippen LogP contribution < -0.4 is 16.0 Å². The standard InChI is InChI=1S/C21H25F2N5O3S/c1-13-16(18(24)29)12-26-19(28-9-4-7-21(22,23)8-10-28)17(13)20(30)27-14-5-3-6-15(11-14)32(2,25)31/h3,5-6,11-12,25H,4,7-10H2,1-2H3,(H2,24,29)(H,27,30)/t32-/m1/s1. The first-order valence-electron chi connectivity index (χ1n) is 9.96. The molecule has 0 radical (unpaired) electrons. The molecule has 11 heteroatoms. The van der Waals surface area contributed by atoms with Crippen molar-refractivity contribution < 1.29 is 22.6 Å². The number of hydrogen-bond donors (Lipinski definition) is 3. The van der Waals surface area contributed by atoms with E-state index >= 15 is 0 Å². The van der Waals surface area contributed by atoms with E-state index in [1.54, 1.807) is 24.0 Å². The molecule has 1 aromatic carbocycles. The van der Waals surface area contributed by atoms with Crippen LogP contribution in [-0.4, -0.2) is 46.3 Å². The second-order valence-electron chi connectivity index (χ2n) is 7.88. The van der Waals surface area contributed by atoms with E-state index in [2.05, 4.69) is 10.3 Å². The SMILES string of the molecule is Cc1c(C(N)=O)cnc(N2CCCC(F)(F)CC2)c1C(=O)Nc1cccc([S@](C)(=N)=O)c1. The zero-order valence-corrected chi connectivity index (χ0v) is 18.6. The molecule has 3 rings (SSSR count). The largest absolute Gasteiger partial charge is 0.366 e. The van der Waals surface area contributed by atoms with Gasteiger partial charge in [0, 0.05) is 49.0 Å². The highest BCUT2D eigenvalue weighted by Gasteiger charge is 2.33. The zero-order valence-electron chi connectivity index (χ0n) is 17.8. The summed E-state index contributed by atoms with van der Waals surface area (Å²) in [6.07, 6.45) is 2.12. The number of carbonyl (C=O) groups is 2. The van der Waals surface area contributed by atoms with Gasteiger partial charge in [-0.15, -0.1) is 0 Å². The van der Waals surface area contributed by atoms with Gasteiger partial charge < -0.3 is 16.0 Å². The zero-order chi connectivity index (χ0) is 23.7. The molecule has 32 heavy (non-hydrogen) atoms. The Balaban J connectivity index is 2.02. The van der Waals surface area contributed by atoms with Crippen LogP contribution in [0.15, 0.2) is 35.4 Å². The second kappa shape index (κ2) is 8.81. The summed E-state index contributed by atoms with van der Waals surface area (Å²) in [6.45, 7) is 1.83. The Morgan fingerprint density at radius 1 is 1.28 bits per heavy atom. The topological polar surface area (TPSA) is 129 Å². The van der Waals surface area contributed by atoms with E-state index in [1.165, 1.54) is 24.6 Å². The summed E-state index contributed by atoms with van der Waals surface area (Å²) in [6, 6.07) is 6.08.